The summed E-state index contributed by atoms with van der Waals surface area (Å²) in [5.41, 5.74) is 0.553. The van der Waals surface area contributed by atoms with Gasteiger partial charge in [-0.3, -0.25) is 4.79 Å². The van der Waals surface area contributed by atoms with Crippen molar-refractivity contribution in [2.24, 2.45) is 5.92 Å². The van der Waals surface area contributed by atoms with E-state index in [1.54, 1.807) is 11.3 Å². The fraction of sp³-hybridized carbons (Fsp3) is 0.692. The number of hydrogen-bond acceptors (Lipinski definition) is 3. The van der Waals surface area contributed by atoms with Crippen LogP contribution < -0.4 is 0 Å². The molecule has 0 radical (unpaired) electrons. The molecule has 1 aromatic rings. The van der Waals surface area contributed by atoms with Crippen molar-refractivity contribution in [3.63, 3.8) is 0 Å². The average Bonchev–Trinajstić information content (AvgIpc) is 2.87. The second-order valence-electron chi connectivity index (χ2n) is 4.75. The van der Waals surface area contributed by atoms with E-state index in [1.165, 1.54) is 32.1 Å². The first kappa shape index (κ1) is 13.0. The lowest BCUT2D eigenvalue weighted by Crippen LogP contribution is -2.12. The monoisotopic (exact) mass is 271 g/mol. The molecule has 0 aliphatic heterocycles. The maximum atomic E-state index is 11.4. The lowest BCUT2D eigenvalue weighted by molar-refractivity contribution is 0.101. The van der Waals surface area contributed by atoms with Gasteiger partial charge in [0.25, 0.3) is 0 Å². The molecule has 0 aromatic carbocycles. The Bertz CT molecular complexity index is 383. The lowest BCUT2D eigenvalue weighted by Gasteiger charge is -2.26. The van der Waals surface area contributed by atoms with Crippen LogP contribution in [0.3, 0.4) is 0 Å². The second kappa shape index (κ2) is 5.96. The van der Waals surface area contributed by atoms with Gasteiger partial charge in [-0.15, -0.1) is 22.9 Å². The Morgan fingerprint density at radius 2 is 2.18 bits per heavy atom. The van der Waals surface area contributed by atoms with Crippen LogP contribution in [0.15, 0.2) is 5.38 Å². The Morgan fingerprint density at radius 1 is 1.47 bits per heavy atom. The zero-order chi connectivity index (χ0) is 12.3. The molecule has 4 heteroatoms. The maximum absolute atomic E-state index is 11.4. The third kappa shape index (κ3) is 3.08. The SMILES string of the molecule is CCC1CCC(c2nc(C(=O)CCl)cs2)CC1. The third-order valence-electron chi connectivity index (χ3n) is 3.70. The van der Waals surface area contributed by atoms with Crippen LogP contribution in [-0.4, -0.2) is 16.6 Å². The molecule has 0 bridgehead atoms. The van der Waals surface area contributed by atoms with Gasteiger partial charge in [-0.05, 0) is 31.6 Å². The summed E-state index contributed by atoms with van der Waals surface area (Å²) in [6.45, 7) is 2.27. The van der Waals surface area contributed by atoms with E-state index < -0.39 is 0 Å². The summed E-state index contributed by atoms with van der Waals surface area (Å²) in [5.74, 6) is 1.44. The number of thiazole rings is 1. The second-order valence-corrected chi connectivity index (χ2v) is 5.91. The van der Waals surface area contributed by atoms with Gasteiger partial charge in [-0.2, -0.15) is 0 Å². The molecular weight excluding hydrogens is 254 g/mol. The number of aromatic nitrogens is 1. The number of Topliss-reactive ketones (excluding diaryl/α,β-unsaturated/α-hetero) is 1. The van der Waals surface area contributed by atoms with Crippen molar-refractivity contribution >= 4 is 28.7 Å². The van der Waals surface area contributed by atoms with Crippen LogP contribution in [0, 0.1) is 5.92 Å². The average molecular weight is 272 g/mol. The maximum Gasteiger partial charge on any atom is 0.196 e. The molecule has 0 amide bonds. The van der Waals surface area contributed by atoms with E-state index in [-0.39, 0.29) is 11.7 Å². The standard InChI is InChI=1S/C13H18ClNOS/c1-2-9-3-5-10(6-4-9)13-15-11(8-17-13)12(16)7-14/h8-10H,2-7H2,1H3. The molecule has 0 N–H and O–H groups in total. The van der Waals surface area contributed by atoms with E-state index in [2.05, 4.69) is 11.9 Å². The molecular formula is C13H18ClNOS. The summed E-state index contributed by atoms with van der Waals surface area (Å²) in [7, 11) is 0. The summed E-state index contributed by atoms with van der Waals surface area (Å²) < 4.78 is 0. The minimum absolute atomic E-state index is 0.0335. The highest BCUT2D eigenvalue weighted by molar-refractivity contribution is 7.10. The Morgan fingerprint density at radius 3 is 2.76 bits per heavy atom. The molecule has 0 unspecified atom stereocenters. The summed E-state index contributed by atoms with van der Waals surface area (Å²) in [6.07, 6.45) is 6.35. The zero-order valence-corrected chi connectivity index (χ0v) is 11.7. The predicted molar refractivity (Wildman–Crippen MR) is 72.2 cm³/mol. The summed E-state index contributed by atoms with van der Waals surface area (Å²) in [5, 5.41) is 2.99. The number of carbonyl (C=O) groups is 1. The number of halogens is 1. The number of carbonyl (C=O) groups excluding carboxylic acids is 1. The Hall–Kier alpha value is -0.410. The van der Waals surface area contributed by atoms with E-state index in [0.717, 1.165) is 10.9 Å². The molecule has 1 aliphatic carbocycles. The van der Waals surface area contributed by atoms with Crippen molar-refractivity contribution in [3.8, 4) is 0 Å². The number of alkyl halides is 1. The quantitative estimate of drug-likeness (QED) is 0.605. The van der Waals surface area contributed by atoms with Gasteiger partial charge in [-0.1, -0.05) is 13.3 Å². The number of ketones is 1. The number of hydrogen-bond donors (Lipinski definition) is 0. The molecule has 1 aliphatic rings. The van der Waals surface area contributed by atoms with Crippen molar-refractivity contribution in [1.29, 1.82) is 0 Å². The van der Waals surface area contributed by atoms with Gasteiger partial charge in [0.05, 0.1) is 10.9 Å². The largest absolute Gasteiger partial charge is 0.291 e. The molecule has 1 aromatic heterocycles. The molecule has 1 fully saturated rings. The van der Waals surface area contributed by atoms with Gasteiger partial charge < -0.3 is 0 Å². The van der Waals surface area contributed by atoms with Crippen LogP contribution >= 0.6 is 22.9 Å². The highest BCUT2D eigenvalue weighted by Gasteiger charge is 2.24. The lowest BCUT2D eigenvalue weighted by atomic mass is 9.81. The fourth-order valence-electron chi connectivity index (χ4n) is 2.49. The van der Waals surface area contributed by atoms with E-state index in [9.17, 15) is 4.79 Å². The van der Waals surface area contributed by atoms with Crippen LogP contribution in [-0.2, 0) is 0 Å². The number of nitrogens with zero attached hydrogens (tertiary/aromatic N) is 1. The Kier molecular flexibility index (Phi) is 4.57. The number of rotatable bonds is 4. The summed E-state index contributed by atoms with van der Waals surface area (Å²) in [4.78, 5) is 15.9. The first-order chi connectivity index (χ1) is 8.24. The van der Waals surface area contributed by atoms with Crippen molar-refractivity contribution in [3.05, 3.63) is 16.1 Å². The van der Waals surface area contributed by atoms with E-state index >= 15 is 0 Å². The predicted octanol–water partition coefficient (Wildman–Crippen LogP) is 4.25. The molecule has 1 heterocycles. The highest BCUT2D eigenvalue weighted by Crippen LogP contribution is 2.37. The molecule has 2 nitrogen and oxygen atoms in total. The third-order valence-corrected chi connectivity index (χ3v) is 4.95. The van der Waals surface area contributed by atoms with Gasteiger partial charge in [0.15, 0.2) is 5.78 Å². The first-order valence-corrected chi connectivity index (χ1v) is 7.70. The van der Waals surface area contributed by atoms with Crippen LogP contribution in [0.5, 0.6) is 0 Å². The van der Waals surface area contributed by atoms with Crippen molar-refractivity contribution in [2.75, 3.05) is 5.88 Å². The molecule has 0 atom stereocenters. The first-order valence-electron chi connectivity index (χ1n) is 6.29. The molecule has 94 valence electrons. The summed E-state index contributed by atoms with van der Waals surface area (Å²) >= 11 is 7.15. The van der Waals surface area contributed by atoms with E-state index in [1.807, 2.05) is 5.38 Å². The van der Waals surface area contributed by atoms with Crippen molar-refractivity contribution < 1.29 is 4.79 Å². The van der Waals surface area contributed by atoms with Gasteiger partial charge >= 0.3 is 0 Å². The van der Waals surface area contributed by atoms with Crippen molar-refractivity contribution in [2.45, 2.75) is 44.9 Å². The molecule has 17 heavy (non-hydrogen) atoms. The molecule has 1 saturated carbocycles. The fourth-order valence-corrected chi connectivity index (χ4v) is 3.62. The van der Waals surface area contributed by atoms with Crippen LogP contribution in [0.25, 0.3) is 0 Å². The van der Waals surface area contributed by atoms with Gasteiger partial charge in [0.2, 0.25) is 0 Å². The van der Waals surface area contributed by atoms with Crippen LogP contribution in [0.4, 0.5) is 0 Å². The Balaban J connectivity index is 1.99. The normalized spacial score (nSPS) is 24.8. The topological polar surface area (TPSA) is 30.0 Å². The molecule has 2 rings (SSSR count). The Labute approximate surface area is 111 Å². The van der Waals surface area contributed by atoms with Gasteiger partial charge in [-0.25, -0.2) is 4.98 Å². The van der Waals surface area contributed by atoms with Crippen molar-refractivity contribution in [1.82, 2.24) is 4.98 Å². The van der Waals surface area contributed by atoms with Crippen LogP contribution in [0.2, 0.25) is 0 Å². The molecule has 0 spiro atoms. The van der Waals surface area contributed by atoms with Gasteiger partial charge in [0.1, 0.15) is 5.69 Å². The summed E-state index contributed by atoms with van der Waals surface area (Å²) in [6, 6.07) is 0. The smallest absolute Gasteiger partial charge is 0.196 e. The minimum Gasteiger partial charge on any atom is -0.291 e. The van der Waals surface area contributed by atoms with Gasteiger partial charge in [0, 0.05) is 11.3 Å². The highest BCUT2D eigenvalue weighted by atomic mass is 35.5. The van der Waals surface area contributed by atoms with E-state index in [4.69, 9.17) is 11.6 Å². The minimum atomic E-state index is -0.0589. The zero-order valence-electron chi connectivity index (χ0n) is 10.1. The van der Waals surface area contributed by atoms with E-state index in [0.29, 0.717) is 11.6 Å². The molecule has 0 saturated heterocycles. The van der Waals surface area contributed by atoms with Crippen LogP contribution in [0.1, 0.15) is 60.4 Å².